The van der Waals surface area contributed by atoms with Crippen LogP contribution in [0.15, 0.2) is 152 Å². The first-order chi connectivity index (χ1) is 27.3. The van der Waals surface area contributed by atoms with Crippen LogP contribution in [0.1, 0.15) is 86.8 Å². The molecule has 3 atom stereocenters. The summed E-state index contributed by atoms with van der Waals surface area (Å²) in [6, 6.07) is 58.4. The Kier molecular flexibility index (Phi) is 6.53. The predicted molar refractivity (Wildman–Crippen MR) is 233 cm³/mol. The van der Waals surface area contributed by atoms with E-state index in [9.17, 15) is 0 Å². The van der Waals surface area contributed by atoms with Gasteiger partial charge in [-0.25, -0.2) is 0 Å². The van der Waals surface area contributed by atoms with Gasteiger partial charge in [-0.3, -0.25) is 0 Å². The molecule has 0 aromatic heterocycles. The van der Waals surface area contributed by atoms with Gasteiger partial charge in [-0.05, 0) is 134 Å². The fourth-order valence-corrected chi connectivity index (χ4v) is 12.7. The van der Waals surface area contributed by atoms with E-state index in [4.69, 9.17) is 0 Å². The number of benzene rings is 7. The topological polar surface area (TPSA) is 3.24 Å². The van der Waals surface area contributed by atoms with E-state index in [1.165, 1.54) is 110 Å². The van der Waals surface area contributed by atoms with E-state index >= 15 is 0 Å². The minimum atomic E-state index is -0.103. The first-order valence-corrected chi connectivity index (χ1v) is 20.9. The highest BCUT2D eigenvalue weighted by Gasteiger charge is 2.56. The summed E-state index contributed by atoms with van der Waals surface area (Å²) in [4.78, 5) is 2.58. The highest BCUT2D eigenvalue weighted by Crippen LogP contribution is 2.66. The molecule has 5 aliphatic carbocycles. The Morgan fingerprint density at radius 1 is 0.429 bits per heavy atom. The van der Waals surface area contributed by atoms with E-state index in [1.807, 2.05) is 0 Å². The molecule has 0 N–H and O–H groups in total. The van der Waals surface area contributed by atoms with E-state index in [-0.39, 0.29) is 16.2 Å². The average molecular weight is 722 g/mol. The maximum Gasteiger partial charge on any atom is 0.0540 e. The molecule has 12 rings (SSSR count). The maximum atomic E-state index is 2.58. The molecule has 1 spiro atoms. The maximum absolute atomic E-state index is 2.58. The number of anilines is 3. The number of fused-ring (bicyclic) bond motifs is 14. The lowest BCUT2D eigenvalue weighted by atomic mass is 9.67. The second kappa shape index (κ2) is 11.2. The molecule has 1 nitrogen and oxygen atoms in total. The Morgan fingerprint density at radius 3 is 1.73 bits per heavy atom. The fourth-order valence-electron chi connectivity index (χ4n) is 12.7. The third-order valence-electron chi connectivity index (χ3n) is 15.2. The summed E-state index contributed by atoms with van der Waals surface area (Å²) in [5.74, 6) is 1.59. The SMILES string of the molecule is CC1(C)c2ccccc2-c2ccc(N(c3ccc4c(c3)-c3ccccc3C43CC4CCC3C4)c3ccccc3-c3cccc4c3-c3ccccc3C4(C)C)cc21. The monoisotopic (exact) mass is 721 g/mol. The van der Waals surface area contributed by atoms with Crippen LogP contribution in [0.5, 0.6) is 0 Å². The summed E-state index contributed by atoms with van der Waals surface area (Å²) in [7, 11) is 0. The normalized spacial score (nSPS) is 22.0. The molecule has 1 heteroatoms. The molecule has 272 valence electrons. The molecule has 7 aromatic rings. The van der Waals surface area contributed by atoms with Gasteiger partial charge in [0.1, 0.15) is 0 Å². The van der Waals surface area contributed by atoms with E-state index in [0.717, 1.165) is 11.8 Å². The lowest BCUT2D eigenvalue weighted by molar-refractivity contribution is 0.327. The predicted octanol–water partition coefficient (Wildman–Crippen LogP) is 14.5. The Labute approximate surface area is 331 Å². The summed E-state index contributed by atoms with van der Waals surface area (Å²) in [5.41, 5.74) is 23.2. The molecule has 56 heavy (non-hydrogen) atoms. The summed E-state index contributed by atoms with van der Waals surface area (Å²) < 4.78 is 0. The smallest absolute Gasteiger partial charge is 0.0540 e. The fraction of sp³-hybridized carbons (Fsp3) is 0.236. The van der Waals surface area contributed by atoms with Crippen molar-refractivity contribution in [2.75, 3.05) is 4.90 Å². The molecule has 0 saturated heterocycles. The highest BCUT2D eigenvalue weighted by molar-refractivity contribution is 5.99. The van der Waals surface area contributed by atoms with Gasteiger partial charge in [-0.2, -0.15) is 0 Å². The molecule has 5 aliphatic rings. The van der Waals surface area contributed by atoms with E-state index in [2.05, 4.69) is 184 Å². The molecule has 2 bridgehead atoms. The number of nitrogens with zero attached hydrogens (tertiary/aromatic N) is 1. The number of hydrogen-bond donors (Lipinski definition) is 0. The van der Waals surface area contributed by atoms with Crippen molar-refractivity contribution in [3.05, 3.63) is 185 Å². The third kappa shape index (κ3) is 4.11. The molecular weight excluding hydrogens is 675 g/mol. The minimum absolute atomic E-state index is 0.0693. The van der Waals surface area contributed by atoms with Gasteiger partial charge in [0.2, 0.25) is 0 Å². The Balaban J connectivity index is 1.10. The molecule has 2 fully saturated rings. The van der Waals surface area contributed by atoms with E-state index in [1.54, 1.807) is 11.1 Å². The molecule has 0 aliphatic heterocycles. The molecule has 0 heterocycles. The van der Waals surface area contributed by atoms with Crippen molar-refractivity contribution < 1.29 is 0 Å². The second-order valence-corrected chi connectivity index (χ2v) is 18.5. The molecule has 3 unspecified atom stereocenters. The first kappa shape index (κ1) is 32.6. The number of hydrogen-bond acceptors (Lipinski definition) is 1. The zero-order chi connectivity index (χ0) is 37.6. The quantitative estimate of drug-likeness (QED) is 0.175. The molecular formula is C55H47N. The zero-order valence-corrected chi connectivity index (χ0v) is 32.9. The van der Waals surface area contributed by atoms with Crippen LogP contribution < -0.4 is 4.90 Å². The lowest BCUT2D eigenvalue weighted by Gasteiger charge is -2.36. The third-order valence-corrected chi connectivity index (χ3v) is 15.2. The number of rotatable bonds is 4. The molecule has 7 aromatic carbocycles. The van der Waals surface area contributed by atoms with E-state index < -0.39 is 0 Å². The van der Waals surface area contributed by atoms with Crippen molar-refractivity contribution in [2.45, 2.75) is 69.6 Å². The van der Waals surface area contributed by atoms with Crippen molar-refractivity contribution in [1.82, 2.24) is 0 Å². The van der Waals surface area contributed by atoms with Gasteiger partial charge in [0.05, 0.1) is 5.69 Å². The van der Waals surface area contributed by atoms with Crippen molar-refractivity contribution in [1.29, 1.82) is 0 Å². The van der Waals surface area contributed by atoms with Crippen LogP contribution in [0.2, 0.25) is 0 Å². The van der Waals surface area contributed by atoms with Gasteiger partial charge in [0.25, 0.3) is 0 Å². The van der Waals surface area contributed by atoms with Crippen LogP contribution in [0.4, 0.5) is 17.1 Å². The van der Waals surface area contributed by atoms with Crippen molar-refractivity contribution in [2.24, 2.45) is 11.8 Å². The Morgan fingerprint density at radius 2 is 0.982 bits per heavy atom. The van der Waals surface area contributed by atoms with Gasteiger partial charge in [0.15, 0.2) is 0 Å². The molecule has 0 radical (unpaired) electrons. The Hall–Kier alpha value is -5.66. The van der Waals surface area contributed by atoms with Crippen molar-refractivity contribution in [3.63, 3.8) is 0 Å². The van der Waals surface area contributed by atoms with Crippen molar-refractivity contribution in [3.8, 4) is 44.5 Å². The van der Waals surface area contributed by atoms with Gasteiger partial charge in [0, 0.05) is 33.2 Å². The second-order valence-electron chi connectivity index (χ2n) is 18.5. The summed E-state index contributed by atoms with van der Waals surface area (Å²) >= 11 is 0. The molecule has 2 saturated carbocycles. The van der Waals surface area contributed by atoms with Crippen LogP contribution in [0, 0.1) is 11.8 Å². The number of para-hydroxylation sites is 1. The van der Waals surface area contributed by atoms with Crippen molar-refractivity contribution >= 4 is 17.1 Å². The van der Waals surface area contributed by atoms with Crippen LogP contribution in [0.25, 0.3) is 44.5 Å². The largest absolute Gasteiger partial charge is 0.310 e. The highest BCUT2D eigenvalue weighted by atomic mass is 15.1. The summed E-state index contributed by atoms with van der Waals surface area (Å²) in [6.45, 7) is 9.56. The van der Waals surface area contributed by atoms with Gasteiger partial charge >= 0.3 is 0 Å². The zero-order valence-electron chi connectivity index (χ0n) is 32.9. The van der Waals surface area contributed by atoms with Crippen LogP contribution in [-0.4, -0.2) is 0 Å². The minimum Gasteiger partial charge on any atom is -0.310 e. The van der Waals surface area contributed by atoms with Crippen LogP contribution >= 0.6 is 0 Å². The standard InChI is InChI=1S/C55H47N/c1-53(2)46-20-10-7-17-43(46)52-42(18-13-22-49(52)53)41-16-8-12-23-51(41)56(37-26-28-40-38-14-5-9-19-45(38)54(3,4)50(40)32-37)36-27-29-48-44(31-36)39-15-6-11-21-47(39)55(48)33-34-24-25-35(55)30-34/h5-23,26-29,31-32,34-35H,24-25,30,33H2,1-4H3. The van der Waals surface area contributed by atoms with Crippen LogP contribution in [-0.2, 0) is 16.2 Å². The van der Waals surface area contributed by atoms with Crippen LogP contribution in [0.3, 0.4) is 0 Å². The lowest BCUT2D eigenvalue weighted by Crippen LogP contribution is -2.31. The summed E-state index contributed by atoms with van der Waals surface area (Å²) in [6.07, 6.45) is 5.43. The Bertz CT molecular complexity index is 2800. The van der Waals surface area contributed by atoms with Gasteiger partial charge in [-0.1, -0.05) is 155 Å². The van der Waals surface area contributed by atoms with Gasteiger partial charge in [-0.15, -0.1) is 0 Å². The first-order valence-electron chi connectivity index (χ1n) is 20.9. The summed E-state index contributed by atoms with van der Waals surface area (Å²) in [5, 5.41) is 0. The van der Waals surface area contributed by atoms with E-state index in [0.29, 0.717) is 0 Å². The molecule has 0 amide bonds. The van der Waals surface area contributed by atoms with Gasteiger partial charge < -0.3 is 4.90 Å². The average Bonchev–Trinajstić information content (AvgIpc) is 4.02.